The van der Waals surface area contributed by atoms with E-state index in [9.17, 15) is 0 Å². The first-order chi connectivity index (χ1) is 10.4. The Bertz CT molecular complexity index is 259. The van der Waals surface area contributed by atoms with Gasteiger partial charge in [-0.25, -0.2) is 0 Å². The van der Waals surface area contributed by atoms with Gasteiger partial charge >= 0.3 is 0 Å². The third kappa shape index (κ3) is 6.98. The summed E-state index contributed by atoms with van der Waals surface area (Å²) in [5.41, 5.74) is 0. The highest BCUT2D eigenvalue weighted by Crippen LogP contribution is 2.18. The largest absolute Gasteiger partial charge is 0.379 e. The second-order valence-electron chi connectivity index (χ2n) is 6.56. The molecule has 0 saturated carbocycles. The van der Waals surface area contributed by atoms with Crippen molar-refractivity contribution in [2.45, 2.75) is 57.4 Å². The zero-order valence-electron chi connectivity index (χ0n) is 13.6. The zero-order chi connectivity index (χ0) is 14.8. The van der Waals surface area contributed by atoms with Gasteiger partial charge in [0.15, 0.2) is 0 Å². The molecule has 2 fully saturated rings. The minimum atomic E-state index is 0.804. The molecule has 124 valence electrons. The second-order valence-corrected chi connectivity index (χ2v) is 7.35. The Kier molecular flexibility index (Phi) is 9.26. The van der Waals surface area contributed by atoms with Gasteiger partial charge in [-0.1, -0.05) is 48.0 Å². The highest BCUT2D eigenvalue weighted by Gasteiger charge is 2.28. The van der Waals surface area contributed by atoms with E-state index in [1.54, 1.807) is 0 Å². The standard InChI is InChI=1S/C17H33BrN2O/c18-9-6-4-2-1-3-5-7-10-19-11-8-17(16-19)20-12-14-21-15-13-20/h17H,1-16H2. The van der Waals surface area contributed by atoms with E-state index >= 15 is 0 Å². The fourth-order valence-electron chi connectivity index (χ4n) is 3.57. The Hall–Kier alpha value is 0.360. The molecule has 1 atom stereocenters. The summed E-state index contributed by atoms with van der Waals surface area (Å²) < 4.78 is 5.46. The molecule has 4 heteroatoms. The van der Waals surface area contributed by atoms with Crippen LogP contribution in [0.25, 0.3) is 0 Å². The van der Waals surface area contributed by atoms with Crippen LogP contribution in [0.4, 0.5) is 0 Å². The van der Waals surface area contributed by atoms with Crippen LogP contribution in [0.2, 0.25) is 0 Å². The van der Waals surface area contributed by atoms with Gasteiger partial charge < -0.3 is 9.64 Å². The van der Waals surface area contributed by atoms with Crippen LogP contribution in [0.1, 0.15) is 51.4 Å². The molecule has 0 aromatic rings. The van der Waals surface area contributed by atoms with Crippen LogP contribution in [0, 0.1) is 0 Å². The number of alkyl halides is 1. The Morgan fingerprint density at radius 3 is 2.24 bits per heavy atom. The van der Waals surface area contributed by atoms with Gasteiger partial charge in [-0.15, -0.1) is 0 Å². The van der Waals surface area contributed by atoms with Gasteiger partial charge in [0.05, 0.1) is 13.2 Å². The van der Waals surface area contributed by atoms with Crippen LogP contribution in [0.5, 0.6) is 0 Å². The quantitative estimate of drug-likeness (QED) is 0.437. The maximum Gasteiger partial charge on any atom is 0.0594 e. The minimum absolute atomic E-state index is 0.804. The lowest BCUT2D eigenvalue weighted by molar-refractivity contribution is 0.0185. The van der Waals surface area contributed by atoms with Crippen LogP contribution in [0.3, 0.4) is 0 Å². The van der Waals surface area contributed by atoms with Crippen LogP contribution < -0.4 is 0 Å². The van der Waals surface area contributed by atoms with Crippen molar-refractivity contribution in [1.82, 2.24) is 9.80 Å². The van der Waals surface area contributed by atoms with E-state index in [2.05, 4.69) is 25.7 Å². The van der Waals surface area contributed by atoms with Crippen LogP contribution in [-0.4, -0.2) is 67.1 Å². The molecule has 0 radical (unpaired) electrons. The number of unbranched alkanes of at least 4 members (excludes halogenated alkanes) is 6. The van der Waals surface area contributed by atoms with Gasteiger partial charge in [0.25, 0.3) is 0 Å². The van der Waals surface area contributed by atoms with Crippen molar-refractivity contribution in [2.75, 3.05) is 51.3 Å². The van der Waals surface area contributed by atoms with Crippen LogP contribution in [-0.2, 0) is 4.74 Å². The number of hydrogen-bond acceptors (Lipinski definition) is 3. The van der Waals surface area contributed by atoms with Crippen LogP contribution >= 0.6 is 15.9 Å². The number of nitrogens with zero attached hydrogens (tertiary/aromatic N) is 2. The van der Waals surface area contributed by atoms with Crippen molar-refractivity contribution in [3.8, 4) is 0 Å². The molecule has 2 saturated heterocycles. The van der Waals surface area contributed by atoms with Crippen molar-refractivity contribution in [3.63, 3.8) is 0 Å². The number of likely N-dealkylation sites (tertiary alicyclic amines) is 1. The lowest BCUT2D eigenvalue weighted by atomic mass is 10.1. The highest BCUT2D eigenvalue weighted by molar-refractivity contribution is 9.09. The second kappa shape index (κ2) is 11.0. The molecule has 0 amide bonds. The van der Waals surface area contributed by atoms with Gasteiger partial charge in [0.2, 0.25) is 0 Å². The summed E-state index contributed by atoms with van der Waals surface area (Å²) in [4.78, 5) is 5.33. The molecular weight excluding hydrogens is 328 g/mol. The fourth-order valence-corrected chi connectivity index (χ4v) is 3.97. The maximum absolute atomic E-state index is 5.46. The molecule has 0 aliphatic carbocycles. The van der Waals surface area contributed by atoms with E-state index in [1.165, 1.54) is 76.3 Å². The first-order valence-electron chi connectivity index (χ1n) is 9.00. The molecule has 0 bridgehead atoms. The predicted molar refractivity (Wildman–Crippen MR) is 93.4 cm³/mol. The Morgan fingerprint density at radius 1 is 0.857 bits per heavy atom. The van der Waals surface area contributed by atoms with Gasteiger partial charge in [0.1, 0.15) is 0 Å². The summed E-state index contributed by atoms with van der Waals surface area (Å²) in [5, 5.41) is 1.17. The van der Waals surface area contributed by atoms with Gasteiger partial charge in [0, 0.05) is 31.0 Å². The van der Waals surface area contributed by atoms with E-state index in [0.717, 1.165) is 32.3 Å². The number of hydrogen-bond donors (Lipinski definition) is 0. The monoisotopic (exact) mass is 360 g/mol. The summed E-state index contributed by atoms with van der Waals surface area (Å²) in [5.74, 6) is 0. The van der Waals surface area contributed by atoms with Crippen molar-refractivity contribution in [3.05, 3.63) is 0 Å². The Balaban J connectivity index is 1.45. The SMILES string of the molecule is BrCCCCCCCCCN1CCC(N2CCOCC2)C1. The van der Waals surface area contributed by atoms with Gasteiger partial charge in [-0.2, -0.15) is 0 Å². The molecular formula is C17H33BrN2O. The van der Waals surface area contributed by atoms with Crippen molar-refractivity contribution in [1.29, 1.82) is 0 Å². The first-order valence-corrected chi connectivity index (χ1v) is 10.1. The predicted octanol–water partition coefficient (Wildman–Crippen LogP) is 3.52. The zero-order valence-corrected chi connectivity index (χ0v) is 15.2. The minimum Gasteiger partial charge on any atom is -0.379 e. The third-order valence-corrected chi connectivity index (χ3v) is 5.48. The Morgan fingerprint density at radius 2 is 1.52 bits per heavy atom. The highest BCUT2D eigenvalue weighted by atomic mass is 79.9. The van der Waals surface area contributed by atoms with Crippen LogP contribution in [0.15, 0.2) is 0 Å². The number of ether oxygens (including phenoxy) is 1. The van der Waals surface area contributed by atoms with E-state index in [-0.39, 0.29) is 0 Å². The summed E-state index contributed by atoms with van der Waals surface area (Å²) in [7, 11) is 0. The van der Waals surface area contributed by atoms with E-state index in [4.69, 9.17) is 4.74 Å². The molecule has 2 heterocycles. The molecule has 3 nitrogen and oxygen atoms in total. The van der Waals surface area contributed by atoms with Crippen molar-refractivity contribution < 1.29 is 4.74 Å². The van der Waals surface area contributed by atoms with E-state index < -0.39 is 0 Å². The van der Waals surface area contributed by atoms with Gasteiger partial charge in [-0.3, -0.25) is 4.90 Å². The van der Waals surface area contributed by atoms with Crippen molar-refractivity contribution >= 4 is 15.9 Å². The molecule has 1 unspecified atom stereocenters. The molecule has 0 spiro atoms. The lowest BCUT2D eigenvalue weighted by Gasteiger charge is -2.32. The van der Waals surface area contributed by atoms with Gasteiger partial charge in [-0.05, 0) is 32.4 Å². The molecule has 0 N–H and O–H groups in total. The number of rotatable bonds is 10. The summed E-state index contributed by atoms with van der Waals surface area (Å²) >= 11 is 3.50. The fraction of sp³-hybridized carbons (Fsp3) is 1.00. The number of halogens is 1. The number of morpholine rings is 1. The average molecular weight is 361 g/mol. The smallest absolute Gasteiger partial charge is 0.0594 e. The molecule has 0 aromatic carbocycles. The van der Waals surface area contributed by atoms with E-state index in [1.807, 2.05) is 0 Å². The summed E-state index contributed by atoms with van der Waals surface area (Å²) in [6.45, 7) is 8.09. The summed E-state index contributed by atoms with van der Waals surface area (Å²) in [6, 6.07) is 0.804. The molecule has 2 rings (SSSR count). The topological polar surface area (TPSA) is 15.7 Å². The van der Waals surface area contributed by atoms with E-state index in [0.29, 0.717) is 0 Å². The normalized spacial score (nSPS) is 24.7. The summed E-state index contributed by atoms with van der Waals surface area (Å²) in [6.07, 6.45) is 11.2. The molecule has 21 heavy (non-hydrogen) atoms. The Labute approximate surface area is 139 Å². The molecule has 0 aromatic heterocycles. The van der Waals surface area contributed by atoms with Crippen molar-refractivity contribution in [2.24, 2.45) is 0 Å². The lowest BCUT2D eigenvalue weighted by Crippen LogP contribution is -2.44. The molecule has 2 aliphatic rings. The maximum atomic E-state index is 5.46. The average Bonchev–Trinajstić information content (AvgIpc) is 3.00. The third-order valence-electron chi connectivity index (χ3n) is 4.92. The molecule has 2 aliphatic heterocycles. The first kappa shape index (κ1) is 17.7.